The van der Waals surface area contributed by atoms with Crippen molar-refractivity contribution in [1.29, 1.82) is 0 Å². The van der Waals surface area contributed by atoms with E-state index in [1.807, 2.05) is 48.2 Å². The van der Waals surface area contributed by atoms with E-state index in [0.29, 0.717) is 0 Å². The molecule has 6 rings (SSSR count). The Morgan fingerprint density at radius 3 is 1.78 bits per heavy atom. The van der Waals surface area contributed by atoms with Gasteiger partial charge in [-0.25, -0.2) is 8.78 Å². The van der Waals surface area contributed by atoms with Crippen molar-refractivity contribution in [2.24, 2.45) is 0 Å². The zero-order valence-electron chi connectivity index (χ0n) is 17.2. The Balaban J connectivity index is 1.60. The predicted octanol–water partition coefficient (Wildman–Crippen LogP) is 7.68. The Hall–Kier alpha value is -3.17. The molecule has 0 radical (unpaired) electrons. The molecule has 1 aliphatic carbocycles. The maximum atomic E-state index is 13.9. The lowest BCUT2D eigenvalue weighted by molar-refractivity contribution is 0.626. The monoisotopic (exact) mass is 438 g/mol. The zero-order chi connectivity index (χ0) is 21.8. The molecule has 2 aliphatic rings. The zero-order valence-corrected chi connectivity index (χ0v) is 18.0. The quantitative estimate of drug-likeness (QED) is 0.315. The van der Waals surface area contributed by atoms with Crippen LogP contribution in [0.3, 0.4) is 0 Å². The SMILES string of the molecule is Fc1ccc(C2=CC3(c4ccccc4)C(c4ccccc4)C3(c3ccc(F)cc3)S2)cc1. The molecule has 32 heavy (non-hydrogen) atoms. The molecule has 0 saturated heterocycles. The van der Waals surface area contributed by atoms with Crippen LogP contribution in [0.5, 0.6) is 0 Å². The second-order valence-electron chi connectivity index (χ2n) is 8.44. The summed E-state index contributed by atoms with van der Waals surface area (Å²) in [5, 5.41) is 0. The molecule has 0 nitrogen and oxygen atoms in total. The summed E-state index contributed by atoms with van der Waals surface area (Å²) in [5.74, 6) is -0.268. The highest BCUT2D eigenvalue weighted by Gasteiger charge is 2.80. The molecule has 1 fully saturated rings. The molecule has 3 unspecified atom stereocenters. The van der Waals surface area contributed by atoms with Gasteiger partial charge in [-0.2, -0.15) is 0 Å². The average Bonchev–Trinajstić information content (AvgIpc) is 3.26. The summed E-state index contributed by atoms with van der Waals surface area (Å²) in [7, 11) is 0. The first-order valence-electron chi connectivity index (χ1n) is 10.7. The lowest BCUT2D eigenvalue weighted by Crippen LogP contribution is -2.13. The summed E-state index contributed by atoms with van der Waals surface area (Å²) >= 11 is 1.82. The van der Waals surface area contributed by atoms with E-state index in [2.05, 4.69) is 54.6 Å². The Morgan fingerprint density at radius 2 is 1.16 bits per heavy atom. The molecule has 1 heterocycles. The first kappa shape index (κ1) is 19.5. The van der Waals surface area contributed by atoms with E-state index in [1.165, 1.54) is 23.3 Å². The van der Waals surface area contributed by atoms with Gasteiger partial charge >= 0.3 is 0 Å². The first-order chi connectivity index (χ1) is 15.6. The normalized spacial score (nSPS) is 25.8. The smallest absolute Gasteiger partial charge is 0.123 e. The van der Waals surface area contributed by atoms with Crippen LogP contribution >= 0.6 is 11.8 Å². The minimum atomic E-state index is -0.298. The third-order valence-corrected chi connectivity index (χ3v) is 8.51. The van der Waals surface area contributed by atoms with Crippen molar-refractivity contribution >= 4 is 16.7 Å². The van der Waals surface area contributed by atoms with Gasteiger partial charge in [0, 0.05) is 16.2 Å². The average molecular weight is 439 g/mol. The lowest BCUT2D eigenvalue weighted by atomic mass is 9.87. The van der Waals surface area contributed by atoms with Gasteiger partial charge in [0.25, 0.3) is 0 Å². The largest absolute Gasteiger partial charge is 0.207 e. The Bertz CT molecular complexity index is 1300. The highest BCUT2D eigenvalue weighted by atomic mass is 32.2. The highest BCUT2D eigenvalue weighted by Crippen LogP contribution is 2.85. The second kappa shape index (κ2) is 7.18. The number of hydrogen-bond donors (Lipinski definition) is 0. The van der Waals surface area contributed by atoms with Gasteiger partial charge in [-0.05, 0) is 46.5 Å². The fourth-order valence-electron chi connectivity index (χ4n) is 5.45. The van der Waals surface area contributed by atoms with Crippen molar-refractivity contribution in [2.75, 3.05) is 0 Å². The van der Waals surface area contributed by atoms with E-state index < -0.39 is 0 Å². The molecule has 4 aromatic carbocycles. The molecule has 1 aliphatic heterocycles. The summed E-state index contributed by atoms with van der Waals surface area (Å²) in [5.41, 5.74) is 4.34. The maximum Gasteiger partial charge on any atom is 0.123 e. The van der Waals surface area contributed by atoms with Gasteiger partial charge in [-0.1, -0.05) is 91.0 Å². The van der Waals surface area contributed by atoms with Crippen LogP contribution in [0.4, 0.5) is 8.78 Å². The molecule has 3 atom stereocenters. The first-order valence-corrected chi connectivity index (χ1v) is 11.5. The predicted molar refractivity (Wildman–Crippen MR) is 127 cm³/mol. The molecule has 4 aromatic rings. The lowest BCUT2D eigenvalue weighted by Gasteiger charge is -2.19. The highest BCUT2D eigenvalue weighted by molar-refractivity contribution is 8.10. The van der Waals surface area contributed by atoms with Crippen LogP contribution in [0.2, 0.25) is 0 Å². The Morgan fingerprint density at radius 1 is 0.594 bits per heavy atom. The van der Waals surface area contributed by atoms with Crippen molar-refractivity contribution in [3.05, 3.63) is 149 Å². The summed E-state index contributed by atoms with van der Waals surface area (Å²) in [6, 6.07) is 34.8. The fourth-order valence-corrected chi connectivity index (χ4v) is 7.40. The molecule has 3 heteroatoms. The van der Waals surface area contributed by atoms with Crippen molar-refractivity contribution in [1.82, 2.24) is 0 Å². The van der Waals surface area contributed by atoms with Crippen LogP contribution < -0.4 is 0 Å². The third kappa shape index (κ3) is 2.67. The number of halogens is 2. The molecule has 156 valence electrons. The van der Waals surface area contributed by atoms with Crippen LogP contribution in [-0.2, 0) is 10.2 Å². The Labute approximate surface area is 190 Å². The second-order valence-corrected chi connectivity index (χ2v) is 9.73. The maximum absolute atomic E-state index is 13.9. The molecule has 0 amide bonds. The van der Waals surface area contributed by atoms with E-state index in [0.717, 1.165) is 16.0 Å². The van der Waals surface area contributed by atoms with Gasteiger partial charge in [0.05, 0.1) is 4.75 Å². The number of rotatable bonds is 4. The number of thioether (sulfide) groups is 1. The molecule has 0 N–H and O–H groups in total. The van der Waals surface area contributed by atoms with Crippen molar-refractivity contribution in [2.45, 2.75) is 16.1 Å². The molecule has 1 saturated carbocycles. The fraction of sp³-hybridized carbons (Fsp3) is 0.103. The van der Waals surface area contributed by atoms with Crippen LogP contribution in [0, 0.1) is 11.6 Å². The molecule has 0 bridgehead atoms. The van der Waals surface area contributed by atoms with Crippen LogP contribution in [0.1, 0.15) is 28.2 Å². The van der Waals surface area contributed by atoms with Gasteiger partial charge in [-0.15, -0.1) is 11.8 Å². The minimum absolute atomic E-state index is 0.207. The molecule has 0 spiro atoms. The topological polar surface area (TPSA) is 0 Å². The van der Waals surface area contributed by atoms with Crippen molar-refractivity contribution in [3.8, 4) is 0 Å². The van der Waals surface area contributed by atoms with Gasteiger partial charge in [0.1, 0.15) is 11.6 Å². The summed E-state index contributed by atoms with van der Waals surface area (Å²) < 4.78 is 27.2. The van der Waals surface area contributed by atoms with E-state index in [1.54, 1.807) is 12.1 Å². The van der Waals surface area contributed by atoms with Crippen LogP contribution in [0.15, 0.2) is 115 Å². The molecule has 0 aromatic heterocycles. The van der Waals surface area contributed by atoms with Crippen molar-refractivity contribution in [3.63, 3.8) is 0 Å². The molecular formula is C29H20F2S. The van der Waals surface area contributed by atoms with Gasteiger partial charge in [0.15, 0.2) is 0 Å². The van der Waals surface area contributed by atoms with E-state index in [4.69, 9.17) is 0 Å². The van der Waals surface area contributed by atoms with Crippen LogP contribution in [0.25, 0.3) is 4.91 Å². The van der Waals surface area contributed by atoms with E-state index in [-0.39, 0.29) is 27.7 Å². The van der Waals surface area contributed by atoms with Gasteiger partial charge in [0.2, 0.25) is 0 Å². The summed E-state index contributed by atoms with van der Waals surface area (Å²) in [6.45, 7) is 0. The van der Waals surface area contributed by atoms with Gasteiger partial charge in [-0.3, -0.25) is 0 Å². The summed E-state index contributed by atoms with van der Waals surface area (Å²) in [6.07, 6.45) is 2.36. The van der Waals surface area contributed by atoms with E-state index >= 15 is 0 Å². The third-order valence-electron chi connectivity index (χ3n) is 6.81. The minimum Gasteiger partial charge on any atom is -0.207 e. The number of hydrogen-bond acceptors (Lipinski definition) is 1. The molecular weight excluding hydrogens is 418 g/mol. The van der Waals surface area contributed by atoms with Crippen LogP contribution in [-0.4, -0.2) is 0 Å². The Kier molecular flexibility index (Phi) is 4.38. The number of fused-ring (bicyclic) bond motifs is 1. The number of allylic oxidation sites excluding steroid dienone is 1. The van der Waals surface area contributed by atoms with E-state index in [9.17, 15) is 8.78 Å². The summed E-state index contributed by atoms with van der Waals surface area (Å²) in [4.78, 5) is 1.13. The number of benzene rings is 4. The standard InChI is InChI=1S/C29H20F2S/c30-24-15-11-20(12-16-24)26-19-28(22-9-5-2-6-10-22)27(21-7-3-1-4-8-21)29(28,32-26)23-13-17-25(31)18-14-23/h1-19,27H. The van der Waals surface area contributed by atoms with Gasteiger partial charge < -0.3 is 0 Å². The van der Waals surface area contributed by atoms with Crippen molar-refractivity contribution < 1.29 is 8.78 Å².